The van der Waals surface area contributed by atoms with E-state index in [2.05, 4.69) is 24.8 Å². The van der Waals surface area contributed by atoms with Crippen molar-refractivity contribution >= 4 is 11.8 Å². The zero-order valence-corrected chi connectivity index (χ0v) is 19.7. The minimum absolute atomic E-state index is 0.00719. The van der Waals surface area contributed by atoms with Crippen molar-refractivity contribution in [3.63, 3.8) is 0 Å². The quantitative estimate of drug-likeness (QED) is 0.314. The van der Waals surface area contributed by atoms with Crippen molar-refractivity contribution in [1.82, 2.24) is 24.5 Å². The highest BCUT2D eigenvalue weighted by atomic mass is 19.3. The summed E-state index contributed by atoms with van der Waals surface area (Å²) in [5, 5.41) is 0. The second-order valence-electron chi connectivity index (χ2n) is 8.26. The number of nitrogen functional groups attached to an aromatic ring is 1. The number of nitrogens with zero attached hydrogens (tertiary/aromatic N) is 6. The fourth-order valence-electron chi connectivity index (χ4n) is 3.75. The summed E-state index contributed by atoms with van der Waals surface area (Å²) in [5.41, 5.74) is 7.30. The third-order valence-corrected chi connectivity index (χ3v) is 5.30. The first-order chi connectivity index (χ1) is 17.2. The van der Waals surface area contributed by atoms with Gasteiger partial charge in [-0.25, -0.2) is 18.2 Å². The van der Waals surface area contributed by atoms with Crippen LogP contribution in [0.5, 0.6) is 5.88 Å². The predicted molar refractivity (Wildman–Crippen MR) is 128 cm³/mol. The summed E-state index contributed by atoms with van der Waals surface area (Å²) in [6, 6.07) is 8.36. The van der Waals surface area contributed by atoms with Gasteiger partial charge >= 0.3 is 0 Å². The maximum atomic E-state index is 13.6. The zero-order chi connectivity index (χ0) is 26.0. The standard InChI is InChI=1S/C25H22F3N7O/c1-13(2)35-11-19(30-4)32-20(35)12-36-24-21(16-9-14(3)31-18(10-16)23(27)28)22(33-25(29)34-24)15-5-7-17(26)8-6-15/h5-11,13,23H,12H2,1-3H3,(H2,29,33,34). The summed E-state index contributed by atoms with van der Waals surface area (Å²) in [7, 11) is 0. The molecule has 0 amide bonds. The number of nitrogens with two attached hydrogens (primary N) is 1. The lowest BCUT2D eigenvalue weighted by Gasteiger charge is -2.17. The van der Waals surface area contributed by atoms with E-state index in [0.717, 1.165) is 0 Å². The van der Waals surface area contributed by atoms with Crippen molar-refractivity contribution in [2.75, 3.05) is 5.73 Å². The number of aromatic nitrogens is 5. The molecule has 11 heteroatoms. The summed E-state index contributed by atoms with van der Waals surface area (Å²) in [5.74, 6) is 0.136. The number of aryl methyl sites for hydroxylation is 1. The minimum Gasteiger partial charge on any atom is -0.466 e. The number of rotatable bonds is 7. The normalized spacial score (nSPS) is 11.2. The minimum atomic E-state index is -2.80. The van der Waals surface area contributed by atoms with E-state index < -0.39 is 17.9 Å². The van der Waals surface area contributed by atoms with Crippen LogP contribution in [-0.2, 0) is 6.61 Å². The lowest BCUT2D eigenvalue weighted by molar-refractivity contribution is 0.146. The average molecular weight is 493 g/mol. The molecule has 0 spiro atoms. The topological polar surface area (TPSA) is 96.1 Å². The Hall–Kier alpha value is -4.46. The highest BCUT2D eigenvalue weighted by Crippen LogP contribution is 2.39. The van der Waals surface area contributed by atoms with Gasteiger partial charge in [-0.1, -0.05) is 6.57 Å². The maximum Gasteiger partial charge on any atom is 0.287 e. The molecule has 0 aliphatic carbocycles. The van der Waals surface area contributed by atoms with Crippen molar-refractivity contribution in [1.29, 1.82) is 0 Å². The molecule has 0 atom stereocenters. The number of anilines is 1. The first-order valence-corrected chi connectivity index (χ1v) is 10.9. The molecule has 4 aromatic rings. The van der Waals surface area contributed by atoms with Crippen LogP contribution in [0.3, 0.4) is 0 Å². The molecule has 0 saturated heterocycles. The maximum absolute atomic E-state index is 13.6. The van der Waals surface area contributed by atoms with Crippen LogP contribution in [0.25, 0.3) is 27.2 Å². The molecular weight excluding hydrogens is 471 g/mol. The van der Waals surface area contributed by atoms with Gasteiger partial charge in [-0.05, 0) is 62.7 Å². The van der Waals surface area contributed by atoms with Gasteiger partial charge in [-0.15, -0.1) is 4.98 Å². The summed E-state index contributed by atoms with van der Waals surface area (Å²) < 4.78 is 48.6. The Morgan fingerprint density at radius 2 is 1.78 bits per heavy atom. The second kappa shape index (κ2) is 10.0. The lowest BCUT2D eigenvalue weighted by atomic mass is 9.99. The number of hydrogen-bond donors (Lipinski definition) is 1. The Balaban J connectivity index is 1.89. The molecule has 8 nitrogen and oxygen atoms in total. The van der Waals surface area contributed by atoms with Crippen LogP contribution in [0.4, 0.5) is 24.9 Å². The number of halogens is 3. The summed E-state index contributed by atoms with van der Waals surface area (Å²) in [4.78, 5) is 20.1. The van der Waals surface area contributed by atoms with E-state index in [1.807, 2.05) is 13.8 Å². The Labute approximate surface area is 205 Å². The molecular formula is C25H22F3N7O. The summed E-state index contributed by atoms with van der Waals surface area (Å²) in [6.07, 6.45) is -1.18. The zero-order valence-electron chi connectivity index (χ0n) is 19.7. The molecule has 0 unspecified atom stereocenters. The molecule has 4 rings (SSSR count). The number of benzene rings is 1. The van der Waals surface area contributed by atoms with E-state index in [1.165, 1.54) is 30.3 Å². The molecule has 0 radical (unpaired) electrons. The van der Waals surface area contributed by atoms with Crippen LogP contribution in [0.15, 0.2) is 42.6 Å². The average Bonchev–Trinajstić information content (AvgIpc) is 3.26. The van der Waals surface area contributed by atoms with Gasteiger partial charge in [0.15, 0.2) is 6.61 Å². The first-order valence-electron chi connectivity index (χ1n) is 10.9. The van der Waals surface area contributed by atoms with Gasteiger partial charge in [0, 0.05) is 23.5 Å². The molecule has 0 fully saturated rings. The van der Waals surface area contributed by atoms with Gasteiger partial charge in [-0.3, -0.25) is 4.98 Å². The lowest BCUT2D eigenvalue weighted by Crippen LogP contribution is -2.11. The van der Waals surface area contributed by atoms with Crippen molar-refractivity contribution in [2.24, 2.45) is 0 Å². The van der Waals surface area contributed by atoms with E-state index in [-0.39, 0.29) is 41.6 Å². The number of imidazole rings is 1. The molecule has 3 aromatic heterocycles. The molecule has 36 heavy (non-hydrogen) atoms. The third-order valence-electron chi connectivity index (χ3n) is 5.30. The smallest absolute Gasteiger partial charge is 0.287 e. The fraction of sp³-hybridized carbons (Fsp3) is 0.240. The number of ether oxygens (including phenoxy) is 1. The molecule has 0 aliphatic rings. The van der Waals surface area contributed by atoms with Gasteiger partial charge in [0.2, 0.25) is 17.7 Å². The van der Waals surface area contributed by atoms with Gasteiger partial charge in [0.05, 0.1) is 11.3 Å². The van der Waals surface area contributed by atoms with Crippen molar-refractivity contribution in [3.8, 4) is 28.3 Å². The molecule has 1 aromatic carbocycles. The van der Waals surface area contributed by atoms with E-state index in [9.17, 15) is 13.2 Å². The van der Waals surface area contributed by atoms with Crippen LogP contribution in [0, 0.1) is 19.3 Å². The second-order valence-corrected chi connectivity index (χ2v) is 8.26. The number of alkyl halides is 2. The molecule has 0 saturated carbocycles. The Bertz CT molecular complexity index is 1440. The van der Waals surface area contributed by atoms with Crippen LogP contribution in [0.1, 0.15) is 43.5 Å². The molecule has 0 bridgehead atoms. The van der Waals surface area contributed by atoms with E-state index in [0.29, 0.717) is 22.6 Å². The largest absolute Gasteiger partial charge is 0.466 e. The van der Waals surface area contributed by atoms with E-state index in [4.69, 9.17) is 17.0 Å². The van der Waals surface area contributed by atoms with Gasteiger partial charge in [0.1, 0.15) is 11.5 Å². The van der Waals surface area contributed by atoms with E-state index >= 15 is 0 Å². The Morgan fingerprint density at radius 3 is 2.42 bits per heavy atom. The van der Waals surface area contributed by atoms with Crippen LogP contribution >= 0.6 is 0 Å². The molecule has 3 heterocycles. The summed E-state index contributed by atoms with van der Waals surface area (Å²) in [6.45, 7) is 12.6. The number of pyridine rings is 1. The fourth-order valence-corrected chi connectivity index (χ4v) is 3.75. The van der Waals surface area contributed by atoms with Crippen molar-refractivity contribution in [2.45, 2.75) is 39.8 Å². The van der Waals surface area contributed by atoms with Crippen LogP contribution in [0.2, 0.25) is 0 Å². The van der Waals surface area contributed by atoms with Gasteiger partial charge in [-0.2, -0.15) is 4.98 Å². The highest BCUT2D eigenvalue weighted by Gasteiger charge is 2.23. The highest BCUT2D eigenvalue weighted by molar-refractivity contribution is 5.85. The Kier molecular flexibility index (Phi) is 6.87. The van der Waals surface area contributed by atoms with Crippen molar-refractivity contribution < 1.29 is 17.9 Å². The third kappa shape index (κ3) is 5.12. The van der Waals surface area contributed by atoms with Gasteiger partial charge < -0.3 is 19.9 Å². The van der Waals surface area contributed by atoms with Gasteiger partial charge in [0.25, 0.3) is 12.2 Å². The molecule has 2 N–H and O–H groups in total. The number of hydrogen-bond acceptors (Lipinski definition) is 6. The van der Waals surface area contributed by atoms with Crippen LogP contribution in [-0.4, -0.2) is 24.5 Å². The Morgan fingerprint density at radius 1 is 1.06 bits per heavy atom. The molecule has 184 valence electrons. The predicted octanol–water partition coefficient (Wildman–Crippen LogP) is 6.08. The van der Waals surface area contributed by atoms with Crippen molar-refractivity contribution in [3.05, 3.63) is 77.0 Å². The first kappa shape index (κ1) is 24.7. The monoisotopic (exact) mass is 493 g/mol. The summed E-state index contributed by atoms with van der Waals surface area (Å²) >= 11 is 0. The van der Waals surface area contributed by atoms with E-state index in [1.54, 1.807) is 23.8 Å². The van der Waals surface area contributed by atoms with Crippen LogP contribution < -0.4 is 10.5 Å². The SMILES string of the molecule is [C-]#[N+]c1cn(C(C)C)c(COc2nc(N)nc(-c3ccc(F)cc3)c2-c2cc(C)nc(C(F)F)c2)n1. The molecule has 0 aliphatic heterocycles.